The zero-order valence-corrected chi connectivity index (χ0v) is 52.0. The third kappa shape index (κ3) is 12.4. The van der Waals surface area contributed by atoms with Gasteiger partial charge < -0.3 is 47.4 Å². The van der Waals surface area contributed by atoms with Crippen molar-refractivity contribution in [2.45, 2.75) is 180 Å². The highest BCUT2D eigenvalue weighted by Gasteiger charge is 2.79. The van der Waals surface area contributed by atoms with Gasteiger partial charge in [0, 0.05) is 37.7 Å². The monoisotopic (exact) mass is 1200 g/mol. The van der Waals surface area contributed by atoms with E-state index >= 15 is 19.2 Å². The Morgan fingerprint density at radius 2 is 1.31 bits per heavy atom. The van der Waals surface area contributed by atoms with Crippen LogP contribution in [0.5, 0.6) is 0 Å². The second-order valence-electron chi connectivity index (χ2n) is 24.5. The molecule has 1 saturated heterocycles. The van der Waals surface area contributed by atoms with Crippen LogP contribution in [-0.4, -0.2) is 126 Å². The number of hydrogen-bond donors (Lipinski definition) is 1. The molecule has 4 aromatic carbocycles. The van der Waals surface area contributed by atoms with E-state index in [0.29, 0.717) is 28.6 Å². The van der Waals surface area contributed by atoms with Gasteiger partial charge in [0.1, 0.15) is 42.2 Å². The Balaban J connectivity index is 1.38. The van der Waals surface area contributed by atoms with Crippen molar-refractivity contribution in [2.24, 2.45) is 16.7 Å². The van der Waals surface area contributed by atoms with Gasteiger partial charge in [-0.3, -0.25) is 19.2 Å². The van der Waals surface area contributed by atoms with Crippen molar-refractivity contribution in [3.8, 4) is 0 Å². The summed E-state index contributed by atoms with van der Waals surface area (Å²) in [4.78, 5) is 120. The lowest BCUT2D eigenvalue weighted by Crippen LogP contribution is -2.82. The molecule has 11 atom stereocenters. The lowest BCUT2D eigenvalue weighted by molar-refractivity contribution is -0.344. The highest BCUT2D eigenvalue weighted by Crippen LogP contribution is 2.65. The first kappa shape index (κ1) is 64.5. The van der Waals surface area contributed by atoms with Crippen LogP contribution in [0.15, 0.2) is 132 Å². The molecule has 1 aliphatic heterocycles. The molecule has 19 nitrogen and oxygen atoms in total. The zero-order valence-electron chi connectivity index (χ0n) is 51.0. The van der Waals surface area contributed by atoms with Crippen LogP contribution in [0.4, 0.5) is 9.59 Å². The molecular formula is C66H79NO18Si. The first-order valence-electron chi connectivity index (χ1n) is 29.3. The second-order valence-corrected chi connectivity index (χ2v) is 29.2. The molecule has 86 heavy (non-hydrogen) atoms. The average Bonchev–Trinajstić information content (AvgIpc) is 0.670. The maximum atomic E-state index is 16.7. The second kappa shape index (κ2) is 25.4. The lowest BCUT2D eigenvalue weighted by atomic mass is 9.44. The van der Waals surface area contributed by atoms with Crippen molar-refractivity contribution >= 4 is 56.1 Å². The number of imide groups is 1. The van der Waals surface area contributed by atoms with Crippen LogP contribution in [0.3, 0.4) is 0 Å². The van der Waals surface area contributed by atoms with Gasteiger partial charge >= 0.3 is 36.1 Å². The molecule has 8 rings (SSSR count). The van der Waals surface area contributed by atoms with E-state index in [9.17, 15) is 24.3 Å². The molecule has 0 radical (unpaired) electrons. The maximum absolute atomic E-state index is 16.7. The molecule has 0 aromatic heterocycles. The summed E-state index contributed by atoms with van der Waals surface area (Å²) in [6.07, 6.45) is -13.2. The number of benzene rings is 4. The quantitative estimate of drug-likeness (QED) is 0.0421. The SMILES string of the molecule is CC[Si](CC)(CC)O[C@H]1C[C@H]2OC[C@@]2(OC(C)=O)[C@H]2[C@H](OC(=O)c3ccccc3)[C@]3(O)C[C@H](OC(=O)[C@H](OC(=O)OCc4ccccc4)[C@H](c4ccccc4)N(C(=O)OC(C)(C)C)C(=O)c4ccccc4)C(C)=C([C@@H](OC(C)=O)C(=O)[C@]12C)C3(C)C. The Bertz CT molecular complexity index is 3190. The number of carbonyl (C=O) groups excluding carboxylic acids is 8. The summed E-state index contributed by atoms with van der Waals surface area (Å²) >= 11 is 0. The van der Waals surface area contributed by atoms with E-state index in [2.05, 4.69) is 0 Å². The molecule has 4 aromatic rings. The molecule has 20 heteroatoms. The number of ketones is 1. The number of nitrogens with zero attached hydrogens (tertiary/aromatic N) is 1. The molecule has 2 saturated carbocycles. The van der Waals surface area contributed by atoms with Gasteiger partial charge in [-0.25, -0.2) is 24.1 Å². The molecule has 1 heterocycles. The first-order chi connectivity index (χ1) is 40.6. The number of rotatable bonds is 18. The summed E-state index contributed by atoms with van der Waals surface area (Å²) in [5.41, 5.74) is -8.57. The van der Waals surface area contributed by atoms with Crippen LogP contribution < -0.4 is 0 Å². The molecule has 2 amide bonds. The predicted octanol–water partition coefficient (Wildman–Crippen LogP) is 10.8. The van der Waals surface area contributed by atoms with Crippen molar-refractivity contribution in [1.29, 1.82) is 0 Å². The molecular weight excluding hydrogens is 1120 g/mol. The third-order valence-electron chi connectivity index (χ3n) is 17.9. The summed E-state index contributed by atoms with van der Waals surface area (Å²) in [5.74, 6) is -7.28. The average molecular weight is 1200 g/mol. The molecule has 460 valence electrons. The van der Waals surface area contributed by atoms with Crippen molar-refractivity contribution in [2.75, 3.05) is 6.61 Å². The number of amides is 2. The van der Waals surface area contributed by atoms with Gasteiger partial charge in [-0.2, -0.15) is 0 Å². The largest absolute Gasteiger partial charge is 0.509 e. The van der Waals surface area contributed by atoms with Gasteiger partial charge in [0.2, 0.25) is 6.10 Å². The predicted molar refractivity (Wildman–Crippen MR) is 314 cm³/mol. The minimum atomic E-state index is -2.74. The van der Waals surface area contributed by atoms with Crippen LogP contribution in [0.25, 0.3) is 0 Å². The number of carbonyl (C=O) groups is 8. The molecule has 4 aliphatic rings. The van der Waals surface area contributed by atoms with Crippen molar-refractivity contribution in [3.05, 3.63) is 155 Å². The number of Topliss-reactive ketones (excluding diaryl/α,β-unsaturated/α-hetero) is 1. The molecule has 0 unspecified atom stereocenters. The van der Waals surface area contributed by atoms with Crippen LogP contribution in [0, 0.1) is 16.7 Å². The van der Waals surface area contributed by atoms with Gasteiger partial charge in [0.25, 0.3) is 5.91 Å². The normalized spacial score (nSPS) is 26.5. The van der Waals surface area contributed by atoms with Crippen molar-refractivity contribution in [1.82, 2.24) is 4.90 Å². The van der Waals surface area contributed by atoms with Gasteiger partial charge in [0.05, 0.1) is 29.6 Å². The van der Waals surface area contributed by atoms with Gasteiger partial charge in [-0.05, 0) is 99.3 Å². The first-order valence-corrected chi connectivity index (χ1v) is 31.8. The molecule has 3 aliphatic carbocycles. The fourth-order valence-electron chi connectivity index (χ4n) is 13.2. The number of esters is 4. The Hall–Kier alpha value is -7.52. The number of aliphatic hydroxyl groups is 1. The molecule has 3 fully saturated rings. The summed E-state index contributed by atoms with van der Waals surface area (Å²) in [6.45, 7) is 18.8. The van der Waals surface area contributed by atoms with E-state index in [1.165, 1.54) is 50.2 Å². The standard InChI is InChI=1S/C66H79NO18Si/c1-13-86(14-2,15-3)85-48-36-49-65(39-78-49,83-42(6)69)54-56(82-58(72)46-34-26-19-27-35-46)66(76)37-47(40(4)50(63(66,10)11)52(79-41(5)68)55(70)64(48,54)12)80-59(73)53(81-61(75)77-38-43-28-20-16-21-29-43)51(44-30-22-17-23-31-44)67(60(74)84-62(7,8)9)57(71)45-32-24-18-25-33-45/h16-35,47-49,51-54,56,76H,13-15,36-39H2,1-12H3/t47-,48-,49+,51-,52+,53+,54-,56-,64+,65-,66+/m0/s1. The lowest BCUT2D eigenvalue weighted by Gasteiger charge is -2.68. The van der Waals surface area contributed by atoms with Crippen LogP contribution >= 0.6 is 0 Å². The van der Waals surface area contributed by atoms with Gasteiger partial charge in [-0.1, -0.05) is 132 Å². The number of fused-ring (bicyclic) bond motifs is 5. The maximum Gasteiger partial charge on any atom is 0.509 e. The van der Waals surface area contributed by atoms with E-state index in [1.54, 1.807) is 126 Å². The van der Waals surface area contributed by atoms with Gasteiger partial charge in [-0.15, -0.1) is 0 Å². The van der Waals surface area contributed by atoms with E-state index in [4.69, 9.17) is 42.3 Å². The van der Waals surface area contributed by atoms with Crippen LogP contribution in [0.1, 0.15) is 134 Å². The molecule has 1 N–H and O–H groups in total. The van der Waals surface area contributed by atoms with Crippen molar-refractivity contribution in [3.63, 3.8) is 0 Å². The zero-order chi connectivity index (χ0) is 62.7. The smallest absolute Gasteiger partial charge is 0.455 e. The summed E-state index contributed by atoms with van der Waals surface area (Å²) in [7, 11) is -2.74. The van der Waals surface area contributed by atoms with Crippen LogP contribution in [0.2, 0.25) is 18.1 Å². The minimum absolute atomic E-state index is 0.0117. The van der Waals surface area contributed by atoms with E-state index in [1.807, 2.05) is 20.8 Å². The topological polar surface area (TPSA) is 243 Å². The fourth-order valence-corrected chi connectivity index (χ4v) is 16.2. The Morgan fingerprint density at radius 1 is 0.756 bits per heavy atom. The number of ether oxygens (including phenoxy) is 8. The van der Waals surface area contributed by atoms with Crippen molar-refractivity contribution < 1.29 is 85.8 Å². The minimum Gasteiger partial charge on any atom is -0.455 e. The third-order valence-corrected chi connectivity index (χ3v) is 22.6. The number of hydrogen-bond acceptors (Lipinski definition) is 18. The summed E-state index contributed by atoms with van der Waals surface area (Å²) < 4.78 is 57.3. The highest BCUT2D eigenvalue weighted by atomic mass is 28.4. The summed E-state index contributed by atoms with van der Waals surface area (Å²) in [5, 5.41) is 14.5. The highest BCUT2D eigenvalue weighted by molar-refractivity contribution is 6.73. The Labute approximate surface area is 503 Å². The van der Waals surface area contributed by atoms with Gasteiger partial charge in [0.15, 0.2) is 25.8 Å². The Morgan fingerprint density at radius 3 is 1.84 bits per heavy atom. The summed E-state index contributed by atoms with van der Waals surface area (Å²) in [6, 6.07) is 32.0. The van der Waals surface area contributed by atoms with Crippen LogP contribution in [-0.2, 0) is 68.1 Å². The fraction of sp³-hybridized carbons (Fsp3) is 0.485. The van der Waals surface area contributed by atoms with E-state index < -0.39 is 139 Å². The van der Waals surface area contributed by atoms with E-state index in [0.717, 1.165) is 6.92 Å². The molecule has 0 spiro atoms. The Kier molecular flexibility index (Phi) is 19.1. The van der Waals surface area contributed by atoms with E-state index in [-0.39, 0.29) is 47.5 Å². The molecule has 2 bridgehead atoms.